The van der Waals surface area contributed by atoms with Crippen molar-refractivity contribution in [1.29, 1.82) is 0 Å². The minimum Gasteiger partial charge on any atom is -0.462 e. The molecule has 3 saturated carbocycles. The minimum atomic E-state index is 0.0772. The number of ether oxygens (including phenoxy) is 2. The van der Waals surface area contributed by atoms with Crippen LogP contribution >= 0.6 is 0 Å². The second-order valence-electron chi connectivity index (χ2n) is 13.2. The van der Waals surface area contributed by atoms with Crippen LogP contribution in [0.2, 0.25) is 0 Å². The molecule has 8 atom stereocenters. The smallest absolute Gasteiger partial charge is 0.310 e. The number of epoxide rings is 1. The summed E-state index contributed by atoms with van der Waals surface area (Å²) in [6.45, 7) is 12.8. The van der Waals surface area contributed by atoms with E-state index in [9.17, 15) is 4.79 Å². The molecule has 29 heavy (non-hydrogen) atoms. The van der Waals surface area contributed by atoms with E-state index in [1.54, 1.807) is 0 Å². The number of carbonyl (C=O) groups excluding carboxylic acids is 1. The van der Waals surface area contributed by atoms with E-state index in [1.807, 2.05) is 0 Å². The second kappa shape index (κ2) is 5.79. The van der Waals surface area contributed by atoms with Gasteiger partial charge in [-0.3, -0.25) is 9.69 Å². The molecular weight excluding hydrogens is 362 g/mol. The van der Waals surface area contributed by atoms with Crippen molar-refractivity contribution in [2.45, 2.75) is 96.8 Å². The van der Waals surface area contributed by atoms with Crippen molar-refractivity contribution in [1.82, 2.24) is 4.90 Å². The van der Waals surface area contributed by atoms with Gasteiger partial charge in [-0.2, -0.15) is 0 Å². The lowest BCUT2D eigenvalue weighted by molar-refractivity contribution is -0.147. The summed E-state index contributed by atoms with van der Waals surface area (Å²) in [7, 11) is 0. The average molecular weight is 402 g/mol. The number of esters is 1. The molecule has 6 aliphatic rings. The molecule has 0 aromatic carbocycles. The van der Waals surface area contributed by atoms with Crippen LogP contribution in [0.4, 0.5) is 0 Å². The maximum Gasteiger partial charge on any atom is 0.310 e. The highest BCUT2D eigenvalue weighted by Gasteiger charge is 2.65. The van der Waals surface area contributed by atoms with E-state index in [1.165, 1.54) is 38.5 Å². The number of hydrogen-bond donors (Lipinski definition) is 0. The van der Waals surface area contributed by atoms with Crippen LogP contribution in [0.15, 0.2) is 0 Å². The topological polar surface area (TPSA) is 42.1 Å². The highest BCUT2D eigenvalue weighted by atomic mass is 16.6. The van der Waals surface area contributed by atoms with Crippen molar-refractivity contribution in [3.63, 3.8) is 0 Å². The molecule has 3 aliphatic carbocycles. The van der Waals surface area contributed by atoms with Crippen LogP contribution < -0.4 is 0 Å². The second-order valence-corrected chi connectivity index (χ2v) is 13.2. The third-order valence-electron chi connectivity index (χ3n) is 10.0. The van der Waals surface area contributed by atoms with Crippen LogP contribution in [0.25, 0.3) is 0 Å². The largest absolute Gasteiger partial charge is 0.462 e. The Labute approximate surface area is 176 Å². The summed E-state index contributed by atoms with van der Waals surface area (Å²) in [6, 6.07) is 0.650. The minimum absolute atomic E-state index is 0.0772. The van der Waals surface area contributed by atoms with Gasteiger partial charge in [0.1, 0.15) is 6.10 Å². The van der Waals surface area contributed by atoms with Crippen LogP contribution in [0.5, 0.6) is 0 Å². The number of fused-ring (bicyclic) bond motifs is 5. The maximum absolute atomic E-state index is 13.0. The molecule has 0 radical (unpaired) electrons. The zero-order valence-corrected chi connectivity index (χ0v) is 18.8. The van der Waals surface area contributed by atoms with E-state index >= 15 is 0 Å². The van der Waals surface area contributed by atoms with E-state index in [0.717, 1.165) is 32.5 Å². The molecule has 3 saturated heterocycles. The van der Waals surface area contributed by atoms with Crippen molar-refractivity contribution in [3.8, 4) is 0 Å². The van der Waals surface area contributed by atoms with Crippen molar-refractivity contribution in [3.05, 3.63) is 0 Å². The molecule has 0 N–H and O–H groups in total. The molecule has 5 unspecified atom stereocenters. The summed E-state index contributed by atoms with van der Waals surface area (Å²) in [6.07, 6.45) is 10.0. The van der Waals surface area contributed by atoms with Crippen LogP contribution in [0, 0.1) is 34.0 Å². The first-order valence-electron chi connectivity index (χ1n) is 12.2. The molecule has 0 aromatic rings. The molecule has 0 aromatic heterocycles. The number of nitrogens with zero attached hydrogens (tertiary/aromatic N) is 1. The molecule has 162 valence electrons. The van der Waals surface area contributed by atoms with Gasteiger partial charge in [-0.15, -0.1) is 0 Å². The number of likely N-dealkylation sites (tertiary alicyclic amines) is 1. The van der Waals surface area contributed by atoms with E-state index in [-0.39, 0.29) is 23.6 Å². The Morgan fingerprint density at radius 1 is 1.10 bits per heavy atom. The van der Waals surface area contributed by atoms with Gasteiger partial charge in [0.25, 0.3) is 0 Å². The zero-order chi connectivity index (χ0) is 20.2. The molecule has 3 aliphatic heterocycles. The molecule has 6 rings (SSSR count). The van der Waals surface area contributed by atoms with E-state index in [2.05, 4.69) is 32.6 Å². The molecule has 4 nitrogen and oxygen atoms in total. The Hall–Kier alpha value is -0.610. The Morgan fingerprint density at radius 3 is 2.66 bits per heavy atom. The predicted molar refractivity (Wildman–Crippen MR) is 111 cm³/mol. The lowest BCUT2D eigenvalue weighted by Gasteiger charge is -2.51. The fourth-order valence-corrected chi connectivity index (χ4v) is 9.21. The lowest BCUT2D eigenvalue weighted by Crippen LogP contribution is -2.51. The predicted octanol–water partition coefficient (Wildman–Crippen LogP) is 4.41. The lowest BCUT2D eigenvalue weighted by atomic mass is 9.53. The van der Waals surface area contributed by atoms with Crippen molar-refractivity contribution < 1.29 is 14.3 Å². The molecule has 0 amide bonds. The SMILES string of the molecule is CC1(C)CC2CC(C)(CN2CC2C(=O)O[C@@H]3C[C@@]4(C)CCCC5(CO5)C4C[C@H]23)C1. The van der Waals surface area contributed by atoms with Crippen LogP contribution in [-0.4, -0.2) is 48.3 Å². The van der Waals surface area contributed by atoms with Crippen LogP contribution in [-0.2, 0) is 14.3 Å². The first-order valence-corrected chi connectivity index (χ1v) is 12.2. The zero-order valence-electron chi connectivity index (χ0n) is 18.8. The third kappa shape index (κ3) is 2.87. The fraction of sp³-hybridized carbons (Fsp3) is 0.960. The molecular formula is C25H39NO3. The standard InChI is InChI=1S/C25H39NO3/c1-22(2)9-16-10-23(3,13-22)14-26(16)12-18-17-8-20-24(4,11-19(17)29-21(18)27)6-5-7-25(20)15-28-25/h16-20H,5-15H2,1-4H3/t16?,17-,18?,19-,20?,23?,24-,25?/m1/s1. The first kappa shape index (κ1) is 19.1. The Bertz CT molecular complexity index is 730. The highest BCUT2D eigenvalue weighted by molar-refractivity contribution is 5.75. The summed E-state index contributed by atoms with van der Waals surface area (Å²) in [4.78, 5) is 15.7. The van der Waals surface area contributed by atoms with Gasteiger partial charge < -0.3 is 9.47 Å². The van der Waals surface area contributed by atoms with Crippen LogP contribution in [0.3, 0.4) is 0 Å². The van der Waals surface area contributed by atoms with Crippen LogP contribution in [0.1, 0.15) is 79.1 Å². The third-order valence-corrected chi connectivity index (χ3v) is 10.0. The van der Waals surface area contributed by atoms with Gasteiger partial charge in [0.15, 0.2) is 0 Å². The van der Waals surface area contributed by atoms with Crippen molar-refractivity contribution in [2.24, 2.45) is 34.0 Å². The summed E-state index contributed by atoms with van der Waals surface area (Å²) >= 11 is 0. The summed E-state index contributed by atoms with van der Waals surface area (Å²) in [5.41, 5.74) is 1.30. The maximum atomic E-state index is 13.0. The average Bonchev–Trinajstić information content (AvgIpc) is 3.23. The molecule has 2 bridgehead atoms. The molecule has 6 fully saturated rings. The fourth-order valence-electron chi connectivity index (χ4n) is 9.21. The summed E-state index contributed by atoms with van der Waals surface area (Å²) in [5.74, 6) is 1.20. The number of hydrogen-bond acceptors (Lipinski definition) is 4. The van der Waals surface area contributed by atoms with Crippen molar-refractivity contribution in [2.75, 3.05) is 19.7 Å². The number of rotatable bonds is 2. The van der Waals surface area contributed by atoms with E-state index in [4.69, 9.17) is 9.47 Å². The number of carbonyl (C=O) groups is 1. The van der Waals surface area contributed by atoms with Crippen molar-refractivity contribution >= 4 is 5.97 Å². The Balaban J connectivity index is 1.22. The Morgan fingerprint density at radius 2 is 1.90 bits per heavy atom. The van der Waals surface area contributed by atoms with Gasteiger partial charge in [0.2, 0.25) is 0 Å². The first-order chi connectivity index (χ1) is 13.6. The van der Waals surface area contributed by atoms with Gasteiger partial charge >= 0.3 is 5.97 Å². The normalized spacial score (nSPS) is 55.4. The van der Waals surface area contributed by atoms with Gasteiger partial charge in [-0.25, -0.2) is 0 Å². The molecule has 4 heteroatoms. The van der Waals surface area contributed by atoms with Gasteiger partial charge in [0.05, 0.1) is 18.1 Å². The van der Waals surface area contributed by atoms with Gasteiger partial charge in [-0.1, -0.05) is 27.7 Å². The Kier molecular flexibility index (Phi) is 3.82. The summed E-state index contributed by atoms with van der Waals surface area (Å²) < 4.78 is 12.1. The van der Waals surface area contributed by atoms with Gasteiger partial charge in [-0.05, 0) is 73.5 Å². The quantitative estimate of drug-likeness (QED) is 0.508. The molecule has 1 spiro atoms. The molecule has 3 heterocycles. The highest BCUT2D eigenvalue weighted by Crippen LogP contribution is 2.63. The summed E-state index contributed by atoms with van der Waals surface area (Å²) in [5, 5.41) is 0. The monoisotopic (exact) mass is 401 g/mol. The van der Waals surface area contributed by atoms with Gasteiger partial charge in [0, 0.05) is 25.0 Å². The van der Waals surface area contributed by atoms with E-state index in [0.29, 0.717) is 34.1 Å². The van der Waals surface area contributed by atoms with E-state index < -0.39 is 0 Å².